The molecule has 1 N–H and O–H groups in total. The summed E-state index contributed by atoms with van der Waals surface area (Å²) < 4.78 is 9.90. The van der Waals surface area contributed by atoms with Crippen LogP contribution in [0.1, 0.15) is 23.0 Å². The lowest BCUT2D eigenvalue weighted by molar-refractivity contribution is 0.0601. The van der Waals surface area contributed by atoms with E-state index in [1.54, 1.807) is 30.0 Å². The Bertz CT molecular complexity index is 881. The number of carbonyl (C=O) groups excluding carboxylic acids is 2. The van der Waals surface area contributed by atoms with E-state index in [1.807, 2.05) is 19.1 Å². The lowest BCUT2D eigenvalue weighted by atomic mass is 10.2. The zero-order valence-electron chi connectivity index (χ0n) is 16.8. The molecule has 2 heterocycles. The fourth-order valence-corrected chi connectivity index (χ4v) is 3.10. The van der Waals surface area contributed by atoms with Crippen molar-refractivity contribution in [1.82, 2.24) is 14.9 Å². The lowest BCUT2D eigenvalue weighted by Gasteiger charge is -2.34. The number of hydrogen-bond donors (Lipinski definition) is 1. The van der Waals surface area contributed by atoms with Gasteiger partial charge in [-0.2, -0.15) is 4.98 Å². The van der Waals surface area contributed by atoms with Gasteiger partial charge in [-0.05, 0) is 26.0 Å². The van der Waals surface area contributed by atoms with E-state index in [0.29, 0.717) is 50.0 Å². The van der Waals surface area contributed by atoms with E-state index in [9.17, 15) is 9.59 Å². The number of aromatic nitrogens is 2. The Morgan fingerprint density at radius 3 is 2.55 bits per heavy atom. The van der Waals surface area contributed by atoms with E-state index in [2.05, 4.69) is 20.2 Å². The zero-order chi connectivity index (χ0) is 20.8. The molecule has 0 saturated carbocycles. The second kappa shape index (κ2) is 9.22. The van der Waals surface area contributed by atoms with Gasteiger partial charge in [-0.3, -0.25) is 0 Å². The van der Waals surface area contributed by atoms with Gasteiger partial charge in [0.25, 0.3) is 0 Å². The van der Waals surface area contributed by atoms with E-state index >= 15 is 0 Å². The van der Waals surface area contributed by atoms with Crippen molar-refractivity contribution >= 4 is 29.5 Å². The molecule has 1 amide bonds. The Labute approximate surface area is 169 Å². The monoisotopic (exact) mass is 399 g/mol. The van der Waals surface area contributed by atoms with Gasteiger partial charge in [-0.15, -0.1) is 0 Å². The van der Waals surface area contributed by atoms with Crippen LogP contribution in [0.3, 0.4) is 0 Å². The molecule has 1 aromatic carbocycles. The van der Waals surface area contributed by atoms with Crippen molar-refractivity contribution in [3.05, 3.63) is 41.6 Å². The Balaban J connectivity index is 1.75. The molecule has 1 aliphatic rings. The predicted octanol–water partition coefficient (Wildman–Crippen LogP) is 2.59. The molecule has 2 aromatic rings. The fourth-order valence-electron chi connectivity index (χ4n) is 3.10. The van der Waals surface area contributed by atoms with Crippen molar-refractivity contribution in [3.8, 4) is 0 Å². The van der Waals surface area contributed by atoms with Crippen LogP contribution in [-0.4, -0.2) is 66.8 Å². The number of amides is 1. The molecule has 9 nitrogen and oxygen atoms in total. The van der Waals surface area contributed by atoms with Crippen LogP contribution in [-0.2, 0) is 9.47 Å². The number of benzene rings is 1. The average Bonchev–Trinajstić information content (AvgIpc) is 2.73. The SMILES string of the molecule is CCOC(=O)N1CCN(c2cc(C)nc(Nc3ccccc3C(=O)OC)n2)CC1. The van der Waals surface area contributed by atoms with Crippen LogP contribution in [0.2, 0.25) is 0 Å². The standard InChI is InChI=1S/C20H25N5O4/c1-4-29-20(27)25-11-9-24(10-12-25)17-13-14(2)21-19(23-17)22-16-8-6-5-7-15(16)18(26)28-3/h5-8,13H,4,9-12H2,1-3H3,(H,21,22,23). The molecule has 154 valence electrons. The number of ether oxygens (including phenoxy) is 2. The molecule has 3 rings (SSSR count). The molecular formula is C20H25N5O4. The molecule has 1 aromatic heterocycles. The number of para-hydroxylation sites is 1. The highest BCUT2D eigenvalue weighted by atomic mass is 16.6. The fraction of sp³-hybridized carbons (Fsp3) is 0.400. The number of rotatable bonds is 5. The normalized spacial score (nSPS) is 13.8. The van der Waals surface area contributed by atoms with E-state index in [0.717, 1.165) is 11.5 Å². The Kier molecular flexibility index (Phi) is 6.48. The largest absolute Gasteiger partial charge is 0.465 e. The molecule has 9 heteroatoms. The number of carbonyl (C=O) groups is 2. The summed E-state index contributed by atoms with van der Waals surface area (Å²) in [5.41, 5.74) is 1.77. The van der Waals surface area contributed by atoms with Gasteiger partial charge in [0, 0.05) is 37.9 Å². The number of nitrogens with one attached hydrogen (secondary N) is 1. The third-order valence-corrected chi connectivity index (χ3v) is 4.55. The second-order valence-electron chi connectivity index (χ2n) is 6.53. The molecule has 1 aliphatic heterocycles. The summed E-state index contributed by atoms with van der Waals surface area (Å²) in [5, 5.41) is 3.12. The van der Waals surface area contributed by atoms with Crippen LogP contribution in [0.25, 0.3) is 0 Å². The zero-order valence-corrected chi connectivity index (χ0v) is 16.8. The third kappa shape index (κ3) is 4.92. The summed E-state index contributed by atoms with van der Waals surface area (Å²) in [6, 6.07) is 8.94. The number of esters is 1. The van der Waals surface area contributed by atoms with Crippen molar-refractivity contribution in [2.24, 2.45) is 0 Å². The summed E-state index contributed by atoms with van der Waals surface area (Å²) in [7, 11) is 1.34. The van der Waals surface area contributed by atoms with Crippen molar-refractivity contribution in [3.63, 3.8) is 0 Å². The molecule has 0 spiro atoms. The number of nitrogens with zero attached hydrogens (tertiary/aromatic N) is 4. The maximum Gasteiger partial charge on any atom is 0.409 e. The summed E-state index contributed by atoms with van der Waals surface area (Å²) in [5.74, 6) is 0.722. The summed E-state index contributed by atoms with van der Waals surface area (Å²) in [4.78, 5) is 36.7. The Morgan fingerprint density at radius 1 is 1.14 bits per heavy atom. The first-order valence-corrected chi connectivity index (χ1v) is 9.48. The molecular weight excluding hydrogens is 374 g/mol. The Morgan fingerprint density at radius 2 is 1.86 bits per heavy atom. The molecule has 1 saturated heterocycles. The summed E-state index contributed by atoms with van der Waals surface area (Å²) in [6.07, 6.45) is -0.284. The van der Waals surface area contributed by atoms with Gasteiger partial charge in [0.05, 0.1) is 25.0 Å². The van der Waals surface area contributed by atoms with Crippen LogP contribution in [0.15, 0.2) is 30.3 Å². The van der Waals surface area contributed by atoms with Crippen molar-refractivity contribution in [1.29, 1.82) is 0 Å². The number of anilines is 3. The molecule has 0 unspecified atom stereocenters. The first kappa shape index (κ1) is 20.4. The minimum atomic E-state index is -0.434. The molecule has 0 aliphatic carbocycles. The Hall–Kier alpha value is -3.36. The molecule has 29 heavy (non-hydrogen) atoms. The summed E-state index contributed by atoms with van der Waals surface area (Å²) in [6.45, 7) is 6.47. The van der Waals surface area contributed by atoms with Crippen LogP contribution >= 0.6 is 0 Å². The maximum atomic E-state index is 12.0. The predicted molar refractivity (Wildman–Crippen MR) is 109 cm³/mol. The minimum absolute atomic E-state index is 0.284. The van der Waals surface area contributed by atoms with Gasteiger partial charge in [0.15, 0.2) is 0 Å². The molecule has 0 bridgehead atoms. The number of piperazine rings is 1. The van der Waals surface area contributed by atoms with E-state index < -0.39 is 5.97 Å². The lowest BCUT2D eigenvalue weighted by Crippen LogP contribution is -2.49. The van der Waals surface area contributed by atoms with Gasteiger partial charge in [-0.1, -0.05) is 12.1 Å². The molecule has 0 radical (unpaired) electrons. The van der Waals surface area contributed by atoms with Crippen LogP contribution < -0.4 is 10.2 Å². The topological polar surface area (TPSA) is 96.9 Å². The quantitative estimate of drug-likeness (QED) is 0.767. The molecule has 1 fully saturated rings. The highest BCUT2D eigenvalue weighted by Crippen LogP contribution is 2.22. The van der Waals surface area contributed by atoms with Crippen LogP contribution in [0.4, 0.5) is 22.2 Å². The minimum Gasteiger partial charge on any atom is -0.465 e. The van der Waals surface area contributed by atoms with Crippen molar-refractivity contribution in [2.75, 3.05) is 50.1 Å². The number of methoxy groups -OCH3 is 1. The maximum absolute atomic E-state index is 12.0. The van der Waals surface area contributed by atoms with Crippen molar-refractivity contribution < 1.29 is 19.1 Å². The smallest absolute Gasteiger partial charge is 0.409 e. The van der Waals surface area contributed by atoms with Crippen LogP contribution in [0, 0.1) is 6.92 Å². The second-order valence-corrected chi connectivity index (χ2v) is 6.53. The van der Waals surface area contributed by atoms with Gasteiger partial charge >= 0.3 is 12.1 Å². The molecule has 0 atom stereocenters. The first-order valence-electron chi connectivity index (χ1n) is 9.48. The van der Waals surface area contributed by atoms with Gasteiger partial charge in [-0.25, -0.2) is 14.6 Å². The third-order valence-electron chi connectivity index (χ3n) is 4.55. The van der Waals surface area contributed by atoms with E-state index in [-0.39, 0.29) is 6.09 Å². The van der Waals surface area contributed by atoms with Gasteiger partial charge in [0.1, 0.15) is 5.82 Å². The average molecular weight is 399 g/mol. The van der Waals surface area contributed by atoms with Crippen LogP contribution in [0.5, 0.6) is 0 Å². The van der Waals surface area contributed by atoms with E-state index in [4.69, 9.17) is 9.47 Å². The van der Waals surface area contributed by atoms with Gasteiger partial charge < -0.3 is 24.6 Å². The van der Waals surface area contributed by atoms with Crippen molar-refractivity contribution in [2.45, 2.75) is 13.8 Å². The summed E-state index contributed by atoms with van der Waals surface area (Å²) >= 11 is 0. The van der Waals surface area contributed by atoms with E-state index in [1.165, 1.54) is 7.11 Å². The first-order chi connectivity index (χ1) is 14.0. The number of hydrogen-bond acceptors (Lipinski definition) is 8. The highest BCUT2D eigenvalue weighted by Gasteiger charge is 2.23. The van der Waals surface area contributed by atoms with Gasteiger partial charge in [0.2, 0.25) is 5.95 Å². The number of aryl methyl sites for hydroxylation is 1. The highest BCUT2D eigenvalue weighted by molar-refractivity contribution is 5.96.